The zero-order chi connectivity index (χ0) is 16.6. The Balaban J connectivity index is 2.28. The molecule has 6 heteroatoms. The molecule has 0 aliphatic heterocycles. The van der Waals surface area contributed by atoms with E-state index in [2.05, 4.69) is 0 Å². The molecule has 1 heterocycles. The predicted molar refractivity (Wildman–Crippen MR) is 86.3 cm³/mol. The van der Waals surface area contributed by atoms with Gasteiger partial charge in [-0.25, -0.2) is 4.73 Å². The van der Waals surface area contributed by atoms with E-state index in [0.717, 1.165) is 21.6 Å². The second kappa shape index (κ2) is 5.57. The van der Waals surface area contributed by atoms with Crippen molar-refractivity contribution < 1.29 is 9.65 Å². The average molecular weight is 309 g/mol. The van der Waals surface area contributed by atoms with Crippen molar-refractivity contribution in [2.75, 3.05) is 0 Å². The summed E-state index contributed by atoms with van der Waals surface area (Å²) in [6.07, 6.45) is 1.41. The third kappa shape index (κ3) is 2.55. The number of imidazole rings is 1. The third-order valence-corrected chi connectivity index (χ3v) is 3.84. The molecule has 0 spiro atoms. The lowest BCUT2D eigenvalue weighted by Crippen LogP contribution is -2.26. The Bertz CT molecular complexity index is 886. The summed E-state index contributed by atoms with van der Waals surface area (Å²) in [5.74, 6) is 0. The van der Waals surface area contributed by atoms with E-state index < -0.39 is 4.92 Å². The van der Waals surface area contributed by atoms with Crippen molar-refractivity contribution in [1.29, 1.82) is 0 Å². The minimum absolute atomic E-state index is 0.00610. The van der Waals surface area contributed by atoms with Gasteiger partial charge in [0.1, 0.15) is 5.69 Å². The van der Waals surface area contributed by atoms with Crippen molar-refractivity contribution in [2.45, 2.75) is 13.8 Å². The van der Waals surface area contributed by atoms with Crippen molar-refractivity contribution in [1.82, 2.24) is 4.57 Å². The fourth-order valence-electron chi connectivity index (χ4n) is 2.63. The number of nitrogens with zero attached hydrogens (tertiary/aromatic N) is 3. The molecule has 0 radical (unpaired) electrons. The highest BCUT2D eigenvalue weighted by Gasteiger charge is 2.23. The topological polar surface area (TPSA) is 75.0 Å². The van der Waals surface area contributed by atoms with Gasteiger partial charge in [0.2, 0.25) is 0 Å². The lowest BCUT2D eigenvalue weighted by Gasteiger charge is -2.05. The van der Waals surface area contributed by atoms with E-state index in [1.807, 2.05) is 37.3 Å². The maximum Gasteiger partial charge on any atom is 0.273 e. The van der Waals surface area contributed by atoms with E-state index in [-0.39, 0.29) is 5.69 Å². The van der Waals surface area contributed by atoms with Crippen molar-refractivity contribution in [3.05, 3.63) is 81.4 Å². The molecule has 0 saturated heterocycles. The van der Waals surface area contributed by atoms with Crippen LogP contribution in [0.2, 0.25) is 0 Å². The van der Waals surface area contributed by atoms with Crippen molar-refractivity contribution in [3.8, 4) is 16.9 Å². The van der Waals surface area contributed by atoms with Crippen LogP contribution in [0.15, 0.2) is 54.9 Å². The number of aryl methyl sites for hydroxylation is 1. The van der Waals surface area contributed by atoms with E-state index in [4.69, 9.17) is 0 Å². The number of nitro groups is 1. The zero-order valence-electron chi connectivity index (χ0n) is 12.8. The standard InChI is InChI=1S/C17H15N3O3/c1-12-8-9-15(20(22)23)10-16(12)18-11-19(21)13(2)17(18)14-6-4-3-5-7-14/h3-11H,1-2H3. The summed E-state index contributed by atoms with van der Waals surface area (Å²) < 4.78 is 2.49. The Labute approximate surface area is 133 Å². The van der Waals surface area contributed by atoms with Gasteiger partial charge in [0.15, 0.2) is 11.4 Å². The van der Waals surface area contributed by atoms with Crippen molar-refractivity contribution in [3.63, 3.8) is 0 Å². The van der Waals surface area contributed by atoms with E-state index in [9.17, 15) is 15.3 Å². The summed E-state index contributed by atoms with van der Waals surface area (Å²) in [5, 5.41) is 23.2. The first-order chi connectivity index (χ1) is 11.0. The van der Waals surface area contributed by atoms with Gasteiger partial charge in [-0.3, -0.25) is 10.1 Å². The maximum absolute atomic E-state index is 12.1. The van der Waals surface area contributed by atoms with Crippen LogP contribution in [0.25, 0.3) is 16.9 Å². The lowest BCUT2D eigenvalue weighted by atomic mass is 10.1. The van der Waals surface area contributed by atoms with Gasteiger partial charge >= 0.3 is 0 Å². The molecule has 3 aromatic rings. The van der Waals surface area contributed by atoms with Crippen LogP contribution in [0.3, 0.4) is 0 Å². The molecule has 6 nitrogen and oxygen atoms in total. The summed E-state index contributed by atoms with van der Waals surface area (Å²) >= 11 is 0. The summed E-state index contributed by atoms with van der Waals surface area (Å²) in [6, 6.07) is 14.1. The van der Waals surface area contributed by atoms with Gasteiger partial charge in [0.25, 0.3) is 12.0 Å². The number of hydrogen-bond donors (Lipinski definition) is 0. The smallest absolute Gasteiger partial charge is 0.273 e. The Hall–Kier alpha value is -3.15. The minimum atomic E-state index is -0.438. The molecule has 0 fully saturated rings. The normalized spacial score (nSPS) is 10.7. The lowest BCUT2D eigenvalue weighted by molar-refractivity contribution is -0.610. The van der Waals surface area contributed by atoms with Gasteiger partial charge in [0.05, 0.1) is 11.0 Å². The van der Waals surface area contributed by atoms with Crippen LogP contribution in [0.5, 0.6) is 0 Å². The Morgan fingerprint density at radius 1 is 1.09 bits per heavy atom. The van der Waals surface area contributed by atoms with E-state index in [1.54, 1.807) is 17.6 Å². The number of nitro benzene ring substituents is 1. The monoisotopic (exact) mass is 309 g/mol. The summed E-state index contributed by atoms with van der Waals surface area (Å²) in [7, 11) is 0. The molecule has 0 N–H and O–H groups in total. The molecule has 0 unspecified atom stereocenters. The molecule has 0 atom stereocenters. The van der Waals surface area contributed by atoms with Crippen LogP contribution in [-0.2, 0) is 0 Å². The molecular weight excluding hydrogens is 294 g/mol. The van der Waals surface area contributed by atoms with Crippen LogP contribution in [0.1, 0.15) is 11.3 Å². The number of rotatable bonds is 3. The SMILES string of the molecule is Cc1ccc([N+](=O)[O-])cc1-n1c[n+]([O-])c(C)c1-c1ccccc1. The third-order valence-electron chi connectivity index (χ3n) is 3.84. The van der Waals surface area contributed by atoms with Crippen molar-refractivity contribution >= 4 is 5.69 Å². The maximum atomic E-state index is 12.1. The first-order valence-corrected chi connectivity index (χ1v) is 7.11. The number of aromatic nitrogens is 2. The van der Waals surface area contributed by atoms with Gasteiger partial charge in [-0.15, -0.1) is 0 Å². The first kappa shape index (κ1) is 14.8. The zero-order valence-corrected chi connectivity index (χ0v) is 12.8. The van der Waals surface area contributed by atoms with Crippen LogP contribution in [0.4, 0.5) is 5.69 Å². The van der Waals surface area contributed by atoms with Crippen LogP contribution in [-0.4, -0.2) is 9.49 Å². The molecule has 1 aromatic heterocycles. The average Bonchev–Trinajstić information content (AvgIpc) is 2.83. The second-order valence-electron chi connectivity index (χ2n) is 5.34. The summed E-state index contributed by atoms with van der Waals surface area (Å²) in [6.45, 7) is 3.59. The second-order valence-corrected chi connectivity index (χ2v) is 5.34. The fourth-order valence-corrected chi connectivity index (χ4v) is 2.63. The molecular formula is C17H15N3O3. The highest BCUT2D eigenvalue weighted by molar-refractivity contribution is 5.65. The number of benzene rings is 2. The molecule has 3 rings (SSSR count). The van der Waals surface area contributed by atoms with Crippen LogP contribution in [0, 0.1) is 29.2 Å². The minimum Gasteiger partial charge on any atom is -0.711 e. The van der Waals surface area contributed by atoms with Crippen molar-refractivity contribution in [2.24, 2.45) is 0 Å². The van der Waals surface area contributed by atoms with Crippen LogP contribution >= 0.6 is 0 Å². The van der Waals surface area contributed by atoms with Gasteiger partial charge in [-0.2, -0.15) is 4.57 Å². The predicted octanol–water partition coefficient (Wildman–Crippen LogP) is 3.30. The number of non-ortho nitro benzene ring substituents is 1. The largest absolute Gasteiger partial charge is 0.711 e. The van der Waals surface area contributed by atoms with Gasteiger partial charge in [-0.1, -0.05) is 30.3 Å². The van der Waals surface area contributed by atoms with Crippen LogP contribution < -0.4 is 4.73 Å². The molecule has 0 aliphatic rings. The molecule has 2 aromatic carbocycles. The van der Waals surface area contributed by atoms with E-state index in [1.165, 1.54) is 18.5 Å². The van der Waals surface area contributed by atoms with Gasteiger partial charge in [0, 0.05) is 18.6 Å². The first-order valence-electron chi connectivity index (χ1n) is 7.11. The highest BCUT2D eigenvalue weighted by Crippen LogP contribution is 2.28. The number of hydrogen-bond acceptors (Lipinski definition) is 3. The van der Waals surface area contributed by atoms with E-state index >= 15 is 0 Å². The Morgan fingerprint density at radius 3 is 2.43 bits per heavy atom. The molecule has 0 aliphatic carbocycles. The van der Waals surface area contributed by atoms with E-state index in [0.29, 0.717) is 11.4 Å². The van der Waals surface area contributed by atoms with Gasteiger partial charge in [-0.05, 0) is 18.6 Å². The Morgan fingerprint density at radius 2 is 1.78 bits per heavy atom. The fraction of sp³-hybridized carbons (Fsp3) is 0.118. The Kier molecular flexibility index (Phi) is 3.57. The molecule has 0 amide bonds. The molecule has 116 valence electrons. The molecule has 0 bridgehead atoms. The summed E-state index contributed by atoms with van der Waals surface area (Å²) in [4.78, 5) is 10.6. The molecule has 23 heavy (non-hydrogen) atoms. The highest BCUT2D eigenvalue weighted by atomic mass is 16.6. The summed E-state index contributed by atoms with van der Waals surface area (Å²) in [5.41, 5.74) is 3.62. The molecule has 0 saturated carbocycles. The van der Waals surface area contributed by atoms with Gasteiger partial charge < -0.3 is 5.21 Å². The quantitative estimate of drug-likeness (QED) is 0.322.